The van der Waals surface area contributed by atoms with Gasteiger partial charge in [0.15, 0.2) is 11.7 Å². The topological polar surface area (TPSA) is 154 Å². The standard InChI is InChI=1S/C25H29N5O5S/c1-14-8-13-18(35-14)21(24(32)28-15-6-4-3-5-7-15)30(16-9-11-17(34-2)12-10-16)25(33)22-19(26)20(23(27)31)29-36-22/h8-13,15,21H,3-7,26H2,1-2H3,(H2,27,31)(H,28,32)/t21-/m1/s1. The van der Waals surface area contributed by atoms with E-state index in [9.17, 15) is 14.4 Å². The number of hydrogen-bond donors (Lipinski definition) is 3. The number of rotatable bonds is 8. The lowest BCUT2D eigenvalue weighted by atomic mass is 9.95. The maximum Gasteiger partial charge on any atom is 0.273 e. The van der Waals surface area contributed by atoms with Crippen LogP contribution in [0.25, 0.3) is 0 Å². The van der Waals surface area contributed by atoms with Crippen LogP contribution in [0.3, 0.4) is 0 Å². The van der Waals surface area contributed by atoms with Crippen LogP contribution in [-0.4, -0.2) is 35.2 Å². The molecule has 0 spiro atoms. The van der Waals surface area contributed by atoms with E-state index in [1.807, 2.05) is 0 Å². The smallest absolute Gasteiger partial charge is 0.273 e. The highest BCUT2D eigenvalue weighted by Gasteiger charge is 2.38. The molecule has 190 valence electrons. The lowest BCUT2D eigenvalue weighted by molar-refractivity contribution is -0.123. The second-order valence-corrected chi connectivity index (χ2v) is 9.48. The number of benzene rings is 1. The molecule has 5 N–H and O–H groups in total. The molecule has 0 unspecified atom stereocenters. The van der Waals surface area contributed by atoms with Gasteiger partial charge < -0.3 is 25.9 Å². The minimum Gasteiger partial charge on any atom is -0.497 e. The number of nitrogen functional groups attached to an aromatic ring is 1. The third kappa shape index (κ3) is 5.20. The van der Waals surface area contributed by atoms with Crippen LogP contribution in [-0.2, 0) is 4.79 Å². The molecule has 1 aliphatic rings. The summed E-state index contributed by atoms with van der Waals surface area (Å²) in [6.07, 6.45) is 4.94. The molecule has 1 aromatic carbocycles. The van der Waals surface area contributed by atoms with Crippen molar-refractivity contribution in [3.8, 4) is 5.75 Å². The molecule has 36 heavy (non-hydrogen) atoms. The Bertz CT molecular complexity index is 1250. The number of hydrogen-bond acceptors (Lipinski definition) is 8. The summed E-state index contributed by atoms with van der Waals surface area (Å²) >= 11 is 0.754. The molecule has 1 atom stereocenters. The highest BCUT2D eigenvalue weighted by atomic mass is 32.1. The Morgan fingerprint density at radius 3 is 2.39 bits per heavy atom. The molecular formula is C25H29N5O5S. The van der Waals surface area contributed by atoms with Crippen LogP contribution in [0.4, 0.5) is 11.4 Å². The Kier molecular flexibility index (Phi) is 7.58. The van der Waals surface area contributed by atoms with E-state index in [-0.39, 0.29) is 28.2 Å². The number of nitrogens with zero attached hydrogens (tertiary/aromatic N) is 2. The first-order valence-corrected chi connectivity index (χ1v) is 12.5. The number of amides is 3. The van der Waals surface area contributed by atoms with Crippen molar-refractivity contribution in [2.24, 2.45) is 5.73 Å². The molecule has 0 saturated heterocycles. The zero-order valence-corrected chi connectivity index (χ0v) is 21.0. The average molecular weight is 512 g/mol. The average Bonchev–Trinajstić information content (AvgIpc) is 3.48. The molecule has 1 fully saturated rings. The molecular weight excluding hydrogens is 482 g/mol. The molecule has 3 aromatic rings. The van der Waals surface area contributed by atoms with Gasteiger partial charge in [-0.2, -0.15) is 4.37 Å². The number of nitrogens with two attached hydrogens (primary N) is 2. The molecule has 0 radical (unpaired) electrons. The number of methoxy groups -OCH3 is 1. The third-order valence-corrected chi connectivity index (χ3v) is 7.06. The van der Waals surface area contributed by atoms with E-state index in [1.165, 1.54) is 12.0 Å². The number of carbonyl (C=O) groups is 3. The second-order valence-electron chi connectivity index (χ2n) is 8.71. The summed E-state index contributed by atoms with van der Waals surface area (Å²) in [6.45, 7) is 1.76. The van der Waals surface area contributed by atoms with Crippen molar-refractivity contribution in [2.45, 2.75) is 51.1 Å². The van der Waals surface area contributed by atoms with Gasteiger partial charge in [0, 0.05) is 11.7 Å². The number of ether oxygens (including phenoxy) is 1. The van der Waals surface area contributed by atoms with E-state index >= 15 is 0 Å². The van der Waals surface area contributed by atoms with Gasteiger partial charge in [-0.15, -0.1) is 0 Å². The molecule has 2 heterocycles. The van der Waals surface area contributed by atoms with Gasteiger partial charge in [-0.1, -0.05) is 19.3 Å². The van der Waals surface area contributed by atoms with Crippen LogP contribution in [0.15, 0.2) is 40.8 Å². The van der Waals surface area contributed by atoms with Gasteiger partial charge in [0.1, 0.15) is 22.1 Å². The van der Waals surface area contributed by atoms with Crippen molar-refractivity contribution in [2.75, 3.05) is 17.7 Å². The maximum atomic E-state index is 14.0. The fourth-order valence-electron chi connectivity index (χ4n) is 4.37. The van der Waals surface area contributed by atoms with Gasteiger partial charge in [0.05, 0.1) is 12.8 Å². The zero-order chi connectivity index (χ0) is 25.8. The monoisotopic (exact) mass is 511 g/mol. The minimum atomic E-state index is -1.14. The van der Waals surface area contributed by atoms with E-state index in [0.29, 0.717) is 23.0 Å². The van der Waals surface area contributed by atoms with Crippen molar-refractivity contribution < 1.29 is 23.5 Å². The second kappa shape index (κ2) is 10.8. The molecule has 0 aliphatic heterocycles. The number of primary amides is 1. The fourth-order valence-corrected chi connectivity index (χ4v) is 5.11. The quantitative estimate of drug-likeness (QED) is 0.418. The van der Waals surface area contributed by atoms with Crippen LogP contribution in [0.1, 0.15) is 69.8 Å². The van der Waals surface area contributed by atoms with Crippen molar-refractivity contribution >= 4 is 40.6 Å². The summed E-state index contributed by atoms with van der Waals surface area (Å²) in [5, 5.41) is 3.11. The number of anilines is 2. The van der Waals surface area contributed by atoms with Crippen LogP contribution >= 0.6 is 11.5 Å². The molecule has 2 aromatic heterocycles. The molecule has 3 amide bonds. The predicted molar refractivity (Wildman–Crippen MR) is 136 cm³/mol. The Morgan fingerprint density at radius 1 is 1.14 bits per heavy atom. The fraction of sp³-hybridized carbons (Fsp3) is 0.360. The van der Waals surface area contributed by atoms with Crippen LogP contribution < -0.4 is 26.4 Å². The first kappa shape index (κ1) is 25.2. The van der Waals surface area contributed by atoms with E-state index in [1.54, 1.807) is 43.3 Å². The highest BCUT2D eigenvalue weighted by Crippen LogP contribution is 2.35. The third-order valence-electron chi connectivity index (χ3n) is 6.21. The number of aromatic nitrogens is 1. The van der Waals surface area contributed by atoms with Gasteiger partial charge in [-0.05, 0) is 67.7 Å². The molecule has 11 heteroatoms. The highest BCUT2D eigenvalue weighted by molar-refractivity contribution is 7.09. The summed E-state index contributed by atoms with van der Waals surface area (Å²) in [7, 11) is 1.54. The van der Waals surface area contributed by atoms with Crippen LogP contribution in [0.5, 0.6) is 5.75 Å². The van der Waals surface area contributed by atoms with Gasteiger partial charge in [-0.25, -0.2) is 0 Å². The summed E-state index contributed by atoms with van der Waals surface area (Å²) < 4.78 is 15.1. The normalized spacial score (nSPS) is 14.7. The van der Waals surface area contributed by atoms with Gasteiger partial charge in [-0.3, -0.25) is 19.3 Å². The maximum absolute atomic E-state index is 14.0. The molecule has 1 aliphatic carbocycles. The summed E-state index contributed by atoms with van der Waals surface area (Å²) in [5.74, 6) is -0.359. The number of nitrogens with one attached hydrogen (secondary N) is 1. The Hall–Kier alpha value is -3.86. The van der Waals surface area contributed by atoms with Crippen molar-refractivity contribution in [1.29, 1.82) is 0 Å². The minimum absolute atomic E-state index is 0.00152. The summed E-state index contributed by atoms with van der Waals surface area (Å²) in [6, 6.07) is 8.98. The molecule has 4 rings (SSSR count). The van der Waals surface area contributed by atoms with Crippen molar-refractivity contribution in [3.05, 3.63) is 58.5 Å². The zero-order valence-electron chi connectivity index (χ0n) is 20.2. The SMILES string of the molecule is COc1ccc(N(C(=O)c2snc(C(N)=O)c2N)[C@@H](C(=O)NC2CCCCC2)c2ccc(C)o2)cc1. The summed E-state index contributed by atoms with van der Waals surface area (Å²) in [5.41, 5.74) is 11.5. The number of carbonyl (C=O) groups excluding carboxylic acids is 3. The Morgan fingerprint density at radius 2 is 1.83 bits per heavy atom. The summed E-state index contributed by atoms with van der Waals surface area (Å²) in [4.78, 5) is 40.8. The lowest BCUT2D eigenvalue weighted by Crippen LogP contribution is -2.47. The van der Waals surface area contributed by atoms with Crippen LogP contribution in [0, 0.1) is 6.92 Å². The molecule has 10 nitrogen and oxygen atoms in total. The Labute approximate surface area is 212 Å². The van der Waals surface area contributed by atoms with E-state index < -0.39 is 17.9 Å². The van der Waals surface area contributed by atoms with Gasteiger partial charge >= 0.3 is 0 Å². The van der Waals surface area contributed by atoms with Gasteiger partial charge in [0.2, 0.25) is 0 Å². The number of aryl methyl sites for hydroxylation is 1. The molecule has 0 bridgehead atoms. The van der Waals surface area contributed by atoms with E-state index in [0.717, 1.165) is 43.6 Å². The molecule has 1 saturated carbocycles. The Balaban J connectivity index is 1.81. The predicted octanol–water partition coefficient (Wildman–Crippen LogP) is 3.57. The largest absolute Gasteiger partial charge is 0.497 e. The van der Waals surface area contributed by atoms with Crippen LogP contribution in [0.2, 0.25) is 0 Å². The number of furan rings is 1. The van der Waals surface area contributed by atoms with Gasteiger partial charge in [0.25, 0.3) is 17.7 Å². The van der Waals surface area contributed by atoms with Crippen molar-refractivity contribution in [3.63, 3.8) is 0 Å². The first-order chi connectivity index (χ1) is 17.3. The van der Waals surface area contributed by atoms with E-state index in [2.05, 4.69) is 9.69 Å². The van der Waals surface area contributed by atoms with Crippen molar-refractivity contribution in [1.82, 2.24) is 9.69 Å². The van der Waals surface area contributed by atoms with E-state index in [4.69, 9.17) is 20.6 Å². The first-order valence-electron chi connectivity index (χ1n) is 11.7. The lowest BCUT2D eigenvalue weighted by Gasteiger charge is -2.32.